The second-order valence-corrected chi connectivity index (χ2v) is 5.87. The molecule has 0 heterocycles. The second-order valence-electron chi connectivity index (χ2n) is 4.99. The van der Waals surface area contributed by atoms with Crippen LogP contribution in [0.1, 0.15) is 15.9 Å². The summed E-state index contributed by atoms with van der Waals surface area (Å²) in [5.74, 6) is 0.332. The van der Waals surface area contributed by atoms with Gasteiger partial charge in [-0.3, -0.25) is 14.9 Å². The first-order chi connectivity index (χ1) is 11.5. The van der Waals surface area contributed by atoms with Crippen LogP contribution in [0.15, 0.2) is 47.4 Å². The Morgan fingerprint density at radius 3 is 2.54 bits per heavy atom. The monoisotopic (exact) mass is 346 g/mol. The Labute approximate surface area is 144 Å². The topological polar surface area (TPSA) is 81.5 Å². The SMILES string of the molecule is COc1ccc(CCNC(=O)c2cc(SC)ccc2[N+](=O)[O-])cc1. The molecule has 0 saturated carbocycles. The molecule has 0 radical (unpaired) electrons. The van der Waals surface area contributed by atoms with Crippen molar-refractivity contribution >= 4 is 23.4 Å². The molecule has 2 aromatic carbocycles. The molecular formula is C17H18N2O4S. The van der Waals surface area contributed by atoms with E-state index in [1.54, 1.807) is 19.2 Å². The summed E-state index contributed by atoms with van der Waals surface area (Å²) in [4.78, 5) is 23.6. The molecule has 0 bridgehead atoms. The number of carbonyl (C=O) groups excluding carboxylic acids is 1. The van der Waals surface area contributed by atoms with Gasteiger partial charge < -0.3 is 10.1 Å². The number of rotatable bonds is 7. The van der Waals surface area contributed by atoms with Crippen molar-refractivity contribution < 1.29 is 14.5 Å². The summed E-state index contributed by atoms with van der Waals surface area (Å²) in [5.41, 5.74) is 0.944. The molecule has 2 aromatic rings. The molecule has 7 heteroatoms. The highest BCUT2D eigenvalue weighted by Gasteiger charge is 2.20. The van der Waals surface area contributed by atoms with E-state index in [-0.39, 0.29) is 11.3 Å². The summed E-state index contributed by atoms with van der Waals surface area (Å²) in [6.45, 7) is 0.395. The Bertz CT molecular complexity index is 732. The molecule has 24 heavy (non-hydrogen) atoms. The number of amides is 1. The highest BCUT2D eigenvalue weighted by molar-refractivity contribution is 7.98. The summed E-state index contributed by atoms with van der Waals surface area (Å²) >= 11 is 1.43. The number of nitro groups is 1. The number of carbonyl (C=O) groups is 1. The minimum absolute atomic E-state index is 0.0848. The zero-order valence-electron chi connectivity index (χ0n) is 13.4. The molecule has 0 fully saturated rings. The second kappa shape index (κ2) is 8.35. The van der Waals surface area contributed by atoms with Crippen LogP contribution in [0, 0.1) is 10.1 Å². The molecule has 0 aliphatic rings. The van der Waals surface area contributed by atoms with Gasteiger partial charge in [0.25, 0.3) is 11.6 Å². The minimum Gasteiger partial charge on any atom is -0.497 e. The van der Waals surface area contributed by atoms with E-state index < -0.39 is 10.8 Å². The van der Waals surface area contributed by atoms with Gasteiger partial charge in [-0.15, -0.1) is 11.8 Å². The third kappa shape index (κ3) is 4.48. The summed E-state index contributed by atoms with van der Waals surface area (Å²) in [6, 6.07) is 12.1. The molecule has 0 saturated heterocycles. The number of benzene rings is 2. The molecule has 6 nitrogen and oxygen atoms in total. The summed E-state index contributed by atoms with van der Waals surface area (Å²) in [7, 11) is 1.60. The van der Waals surface area contributed by atoms with E-state index in [9.17, 15) is 14.9 Å². The molecule has 0 aliphatic carbocycles. The molecule has 1 N–H and O–H groups in total. The van der Waals surface area contributed by atoms with Crippen LogP contribution >= 0.6 is 11.8 Å². The average molecular weight is 346 g/mol. The van der Waals surface area contributed by atoms with Crippen molar-refractivity contribution in [1.29, 1.82) is 0 Å². The highest BCUT2D eigenvalue weighted by Crippen LogP contribution is 2.24. The first kappa shape index (κ1) is 17.8. The van der Waals surface area contributed by atoms with Crippen LogP contribution in [0.3, 0.4) is 0 Å². The van der Waals surface area contributed by atoms with E-state index in [1.165, 1.54) is 17.8 Å². The normalized spacial score (nSPS) is 10.2. The van der Waals surface area contributed by atoms with Crippen LogP contribution in [0.5, 0.6) is 5.75 Å². The summed E-state index contributed by atoms with van der Waals surface area (Å²) in [5, 5.41) is 13.8. The number of hydrogen-bond acceptors (Lipinski definition) is 5. The molecular weight excluding hydrogens is 328 g/mol. The van der Waals surface area contributed by atoms with E-state index in [0.717, 1.165) is 16.2 Å². The fraction of sp³-hybridized carbons (Fsp3) is 0.235. The molecule has 0 spiro atoms. The van der Waals surface area contributed by atoms with Crippen LogP contribution in [0.4, 0.5) is 5.69 Å². The molecule has 1 amide bonds. The smallest absolute Gasteiger partial charge is 0.282 e. The molecule has 0 aromatic heterocycles. The predicted molar refractivity (Wildman–Crippen MR) is 93.9 cm³/mol. The maximum Gasteiger partial charge on any atom is 0.282 e. The van der Waals surface area contributed by atoms with Gasteiger partial charge in [0.15, 0.2) is 0 Å². The molecule has 0 aliphatic heterocycles. The predicted octanol–water partition coefficient (Wildman–Crippen LogP) is 3.30. The van der Waals surface area contributed by atoms with Gasteiger partial charge in [0.05, 0.1) is 12.0 Å². The van der Waals surface area contributed by atoms with Crippen LogP contribution in [0.25, 0.3) is 0 Å². The van der Waals surface area contributed by atoms with Gasteiger partial charge in [-0.25, -0.2) is 0 Å². The molecule has 0 atom stereocenters. The van der Waals surface area contributed by atoms with Crippen molar-refractivity contribution in [3.05, 3.63) is 63.7 Å². The van der Waals surface area contributed by atoms with Crippen LogP contribution in [0.2, 0.25) is 0 Å². The molecule has 126 valence electrons. The van der Waals surface area contributed by atoms with Crippen LogP contribution < -0.4 is 10.1 Å². The Hall–Kier alpha value is -2.54. The lowest BCUT2D eigenvalue weighted by molar-refractivity contribution is -0.385. The number of ether oxygens (including phenoxy) is 1. The summed E-state index contributed by atoms with van der Waals surface area (Å²) in [6.07, 6.45) is 2.48. The van der Waals surface area contributed by atoms with Crippen molar-refractivity contribution in [2.75, 3.05) is 19.9 Å². The van der Waals surface area contributed by atoms with E-state index >= 15 is 0 Å². The average Bonchev–Trinajstić information content (AvgIpc) is 2.61. The van der Waals surface area contributed by atoms with E-state index in [0.29, 0.717) is 13.0 Å². The van der Waals surface area contributed by atoms with Crippen LogP contribution in [-0.2, 0) is 6.42 Å². The Morgan fingerprint density at radius 2 is 1.96 bits per heavy atom. The van der Waals surface area contributed by atoms with Crippen molar-refractivity contribution in [2.45, 2.75) is 11.3 Å². The minimum atomic E-state index is -0.539. The third-order valence-electron chi connectivity index (χ3n) is 3.50. The van der Waals surface area contributed by atoms with Gasteiger partial charge in [-0.1, -0.05) is 12.1 Å². The Morgan fingerprint density at radius 1 is 1.25 bits per heavy atom. The number of hydrogen-bond donors (Lipinski definition) is 1. The quantitative estimate of drug-likeness (QED) is 0.472. The van der Waals surface area contributed by atoms with Crippen LogP contribution in [-0.4, -0.2) is 30.7 Å². The maximum atomic E-state index is 12.3. The number of nitro benzene ring substituents is 1. The van der Waals surface area contributed by atoms with Gasteiger partial charge in [0.2, 0.25) is 0 Å². The zero-order chi connectivity index (χ0) is 17.5. The Kier molecular flexibility index (Phi) is 6.20. The highest BCUT2D eigenvalue weighted by atomic mass is 32.2. The first-order valence-corrected chi connectivity index (χ1v) is 8.51. The Balaban J connectivity index is 2.02. The maximum absolute atomic E-state index is 12.3. The molecule has 2 rings (SSSR count). The van der Waals surface area contributed by atoms with Gasteiger partial charge in [-0.2, -0.15) is 0 Å². The summed E-state index contributed by atoms with van der Waals surface area (Å²) < 4.78 is 5.09. The van der Waals surface area contributed by atoms with E-state index in [2.05, 4.69) is 5.32 Å². The number of thioether (sulfide) groups is 1. The van der Waals surface area contributed by atoms with Gasteiger partial charge in [-0.05, 0) is 42.5 Å². The largest absolute Gasteiger partial charge is 0.497 e. The lowest BCUT2D eigenvalue weighted by Gasteiger charge is -2.08. The van der Waals surface area contributed by atoms with E-state index in [1.807, 2.05) is 30.5 Å². The third-order valence-corrected chi connectivity index (χ3v) is 4.23. The zero-order valence-corrected chi connectivity index (χ0v) is 14.3. The fourth-order valence-electron chi connectivity index (χ4n) is 2.19. The number of nitrogens with zero attached hydrogens (tertiary/aromatic N) is 1. The van der Waals surface area contributed by atoms with Gasteiger partial charge in [0.1, 0.15) is 11.3 Å². The van der Waals surface area contributed by atoms with Gasteiger partial charge >= 0.3 is 0 Å². The van der Waals surface area contributed by atoms with Crippen molar-refractivity contribution in [3.8, 4) is 5.75 Å². The fourth-order valence-corrected chi connectivity index (χ4v) is 2.63. The van der Waals surface area contributed by atoms with Crippen molar-refractivity contribution in [3.63, 3.8) is 0 Å². The lowest BCUT2D eigenvalue weighted by Crippen LogP contribution is -2.26. The number of nitrogens with one attached hydrogen (secondary N) is 1. The van der Waals surface area contributed by atoms with Gasteiger partial charge in [0, 0.05) is 17.5 Å². The van der Waals surface area contributed by atoms with E-state index in [4.69, 9.17) is 4.74 Å². The van der Waals surface area contributed by atoms with Crippen molar-refractivity contribution in [2.24, 2.45) is 0 Å². The number of methoxy groups -OCH3 is 1. The standard InChI is InChI=1S/C17H18N2O4S/c1-23-13-5-3-12(4-6-13)9-10-18-17(20)15-11-14(24-2)7-8-16(15)19(21)22/h3-8,11H,9-10H2,1-2H3,(H,18,20). The lowest BCUT2D eigenvalue weighted by atomic mass is 10.1. The molecule has 0 unspecified atom stereocenters. The van der Waals surface area contributed by atoms with Crippen molar-refractivity contribution in [1.82, 2.24) is 5.32 Å². The first-order valence-electron chi connectivity index (χ1n) is 7.28.